The van der Waals surface area contributed by atoms with Crippen molar-refractivity contribution in [2.75, 3.05) is 0 Å². The molecule has 12 atom stereocenters. The summed E-state index contributed by atoms with van der Waals surface area (Å²) >= 11 is 0. The molecule has 4 aliphatic carbocycles. The second kappa shape index (κ2) is 8.23. The first-order valence-corrected chi connectivity index (χ1v) is 13.4. The van der Waals surface area contributed by atoms with Gasteiger partial charge in [-0.05, 0) is 90.8 Å². The zero-order chi connectivity index (χ0) is 23.7. The molecule has 6 nitrogen and oxygen atoms in total. The van der Waals surface area contributed by atoms with Crippen molar-refractivity contribution in [2.24, 2.45) is 57.2 Å². The molecule has 5 N–H and O–H groups in total. The fourth-order valence-corrected chi connectivity index (χ4v) is 9.95. The second-order valence-corrected chi connectivity index (χ2v) is 12.7. The van der Waals surface area contributed by atoms with Crippen LogP contribution in [0, 0.1) is 52.3 Å². The maximum atomic E-state index is 11.8. The molecule has 0 spiro atoms. The highest BCUT2D eigenvalue weighted by Crippen LogP contribution is 2.69. The van der Waals surface area contributed by atoms with Crippen LogP contribution in [0.25, 0.3) is 0 Å². The van der Waals surface area contributed by atoms with E-state index >= 15 is 0 Å². The Bertz CT molecular complexity index is 816. The summed E-state index contributed by atoms with van der Waals surface area (Å²) in [4.78, 5) is 4.49. The molecule has 5 rings (SSSR count). The molecule has 186 valence electrons. The van der Waals surface area contributed by atoms with Crippen LogP contribution < -0.4 is 10.9 Å². The number of amidine groups is 1. The molecule has 0 aromatic rings. The number of aliphatic imine (C=N–C) groups is 1. The number of aliphatic hydroxyl groups is 3. The summed E-state index contributed by atoms with van der Waals surface area (Å²) in [5, 5.41) is 34.1. The van der Waals surface area contributed by atoms with E-state index in [9.17, 15) is 15.3 Å². The molecule has 0 bridgehead atoms. The van der Waals surface area contributed by atoms with Gasteiger partial charge in [-0.15, -0.1) is 0 Å². The monoisotopic (exact) mass is 459 g/mol. The highest BCUT2D eigenvalue weighted by Gasteiger charge is 2.67. The van der Waals surface area contributed by atoms with Gasteiger partial charge in [0.2, 0.25) is 0 Å². The first kappa shape index (κ1) is 23.6. The van der Waals surface area contributed by atoms with Crippen molar-refractivity contribution in [1.29, 1.82) is 0 Å². The van der Waals surface area contributed by atoms with Gasteiger partial charge in [-0.1, -0.05) is 40.7 Å². The van der Waals surface area contributed by atoms with E-state index in [4.69, 9.17) is 0 Å². The molecular weight excluding hydrogens is 414 g/mol. The van der Waals surface area contributed by atoms with E-state index in [2.05, 4.69) is 50.1 Å². The fraction of sp³-hybridized carbons (Fsp3) is 0.889. The molecule has 5 unspecified atom stereocenters. The van der Waals surface area contributed by atoms with Crippen LogP contribution >= 0.6 is 0 Å². The third kappa shape index (κ3) is 3.49. The van der Waals surface area contributed by atoms with Crippen LogP contribution in [0.5, 0.6) is 0 Å². The lowest BCUT2D eigenvalue weighted by atomic mass is 9.40. The fourth-order valence-electron chi connectivity index (χ4n) is 9.95. The standard InChI is InChI=1S/C27H45N3O3/c1-6-17-20-12-16(31)9-10-26(20,4)24-21(32)13-27(5)18(7-8-19(27)23(24)25(17)33)14(2)11-22-28-15(3)29-30-22/h14,16-21,23-25,29,31-33H,3,6-13H2,1-2,4-5H3,(H,28,30)/t14-,16-,17-,18-,19?,20+,21?,23?,24?,25?,26+,27-/m1/s1. The minimum Gasteiger partial charge on any atom is -0.393 e. The predicted molar refractivity (Wildman–Crippen MR) is 130 cm³/mol. The molecule has 1 aliphatic heterocycles. The molecule has 1 heterocycles. The van der Waals surface area contributed by atoms with Crippen LogP contribution in [-0.2, 0) is 0 Å². The molecule has 0 aromatic carbocycles. The smallest absolute Gasteiger partial charge is 0.139 e. The Morgan fingerprint density at radius 1 is 1.09 bits per heavy atom. The number of hydrogen-bond donors (Lipinski definition) is 5. The third-order valence-corrected chi connectivity index (χ3v) is 11.2. The van der Waals surface area contributed by atoms with Crippen LogP contribution in [-0.4, -0.2) is 39.5 Å². The number of nitrogens with one attached hydrogen (secondary N) is 2. The van der Waals surface area contributed by atoms with Gasteiger partial charge in [0.1, 0.15) is 11.7 Å². The highest BCUT2D eigenvalue weighted by atomic mass is 16.3. The summed E-state index contributed by atoms with van der Waals surface area (Å²) in [6.45, 7) is 13.2. The number of hydrazine groups is 1. The molecule has 5 aliphatic rings. The van der Waals surface area contributed by atoms with Crippen LogP contribution in [0.1, 0.15) is 79.1 Å². The van der Waals surface area contributed by atoms with E-state index in [0.29, 0.717) is 29.5 Å². The molecule has 4 fully saturated rings. The Kier molecular flexibility index (Phi) is 5.90. The van der Waals surface area contributed by atoms with Gasteiger partial charge >= 0.3 is 0 Å². The summed E-state index contributed by atoms with van der Waals surface area (Å²) in [7, 11) is 0. The molecule has 0 radical (unpaired) electrons. The molecular formula is C27H45N3O3. The third-order valence-electron chi connectivity index (χ3n) is 11.2. The van der Waals surface area contributed by atoms with Gasteiger partial charge in [-0.25, -0.2) is 4.99 Å². The topological polar surface area (TPSA) is 97.1 Å². The summed E-state index contributed by atoms with van der Waals surface area (Å²) in [6.07, 6.45) is 6.47. The van der Waals surface area contributed by atoms with E-state index in [1.807, 2.05) is 0 Å². The number of fused-ring (bicyclic) bond motifs is 5. The Morgan fingerprint density at radius 2 is 1.85 bits per heavy atom. The lowest BCUT2D eigenvalue weighted by Gasteiger charge is -2.66. The maximum Gasteiger partial charge on any atom is 0.139 e. The van der Waals surface area contributed by atoms with Crippen molar-refractivity contribution in [3.63, 3.8) is 0 Å². The van der Waals surface area contributed by atoms with E-state index in [1.54, 1.807) is 0 Å². The predicted octanol–water partition coefficient (Wildman–Crippen LogP) is 3.59. The van der Waals surface area contributed by atoms with Gasteiger partial charge in [0.25, 0.3) is 0 Å². The summed E-state index contributed by atoms with van der Waals surface area (Å²) in [6, 6.07) is 0. The summed E-state index contributed by atoms with van der Waals surface area (Å²) in [5.41, 5.74) is 6.17. The van der Waals surface area contributed by atoms with Crippen LogP contribution in [0.15, 0.2) is 17.4 Å². The molecule has 0 aromatic heterocycles. The Hall–Kier alpha value is -1.11. The number of rotatable bonds is 4. The number of hydrogen-bond acceptors (Lipinski definition) is 6. The minimum absolute atomic E-state index is 0.00276. The van der Waals surface area contributed by atoms with E-state index < -0.39 is 0 Å². The number of nitrogens with zero attached hydrogens (tertiary/aromatic N) is 1. The average molecular weight is 460 g/mol. The molecule has 0 amide bonds. The Balaban J connectivity index is 1.45. The first-order chi connectivity index (χ1) is 15.6. The van der Waals surface area contributed by atoms with Crippen molar-refractivity contribution in [2.45, 2.75) is 97.4 Å². The van der Waals surface area contributed by atoms with Crippen LogP contribution in [0.4, 0.5) is 0 Å². The van der Waals surface area contributed by atoms with E-state index in [1.165, 1.54) is 0 Å². The molecule has 6 heteroatoms. The zero-order valence-electron chi connectivity index (χ0n) is 20.9. The van der Waals surface area contributed by atoms with Crippen LogP contribution in [0.3, 0.4) is 0 Å². The van der Waals surface area contributed by atoms with Crippen molar-refractivity contribution < 1.29 is 15.3 Å². The largest absolute Gasteiger partial charge is 0.393 e. The Morgan fingerprint density at radius 3 is 2.52 bits per heavy atom. The minimum atomic E-state index is -0.386. The van der Waals surface area contributed by atoms with Crippen molar-refractivity contribution in [3.05, 3.63) is 12.4 Å². The number of aliphatic hydroxyl groups excluding tert-OH is 3. The van der Waals surface area contributed by atoms with Crippen molar-refractivity contribution in [1.82, 2.24) is 10.9 Å². The Labute approximate surface area is 199 Å². The lowest BCUT2D eigenvalue weighted by molar-refractivity contribution is -0.235. The zero-order valence-corrected chi connectivity index (χ0v) is 20.9. The molecule has 33 heavy (non-hydrogen) atoms. The van der Waals surface area contributed by atoms with E-state index in [0.717, 1.165) is 57.2 Å². The normalized spacial score (nSPS) is 52.2. The van der Waals surface area contributed by atoms with Gasteiger partial charge in [0.05, 0.1) is 18.3 Å². The van der Waals surface area contributed by atoms with Crippen molar-refractivity contribution >= 4 is 5.84 Å². The lowest BCUT2D eigenvalue weighted by Crippen LogP contribution is -2.65. The maximum absolute atomic E-state index is 11.8. The first-order valence-electron chi connectivity index (χ1n) is 13.4. The molecule has 4 saturated carbocycles. The molecule has 0 saturated heterocycles. The summed E-state index contributed by atoms with van der Waals surface area (Å²) < 4.78 is 0. The van der Waals surface area contributed by atoms with Gasteiger partial charge in [0, 0.05) is 6.42 Å². The van der Waals surface area contributed by atoms with Gasteiger partial charge < -0.3 is 15.3 Å². The highest BCUT2D eigenvalue weighted by molar-refractivity contribution is 5.84. The van der Waals surface area contributed by atoms with Gasteiger partial charge in [-0.3, -0.25) is 10.9 Å². The second-order valence-electron chi connectivity index (χ2n) is 12.7. The summed E-state index contributed by atoms with van der Waals surface area (Å²) in [5.74, 6) is 3.80. The average Bonchev–Trinajstić information content (AvgIpc) is 3.31. The quantitative estimate of drug-likeness (QED) is 0.443. The van der Waals surface area contributed by atoms with Gasteiger partial charge in [-0.2, -0.15) is 0 Å². The van der Waals surface area contributed by atoms with E-state index in [-0.39, 0.29) is 46.9 Å². The SMILES string of the molecule is C=C1N=C(C[C@@H](C)[C@H]2CCC3C4C(O)[C@H](CC)[C@@H]5C[C@H](O)CC[C@]5(C)C4C(O)C[C@@]32C)NN1. The van der Waals surface area contributed by atoms with Gasteiger partial charge in [0.15, 0.2) is 0 Å². The van der Waals surface area contributed by atoms with Crippen LogP contribution in [0.2, 0.25) is 0 Å². The van der Waals surface area contributed by atoms with Crippen molar-refractivity contribution in [3.8, 4) is 0 Å².